The van der Waals surface area contributed by atoms with E-state index in [0.717, 1.165) is 0 Å². The van der Waals surface area contributed by atoms with Crippen molar-refractivity contribution in [2.75, 3.05) is 5.32 Å². The Morgan fingerprint density at radius 3 is 2.19 bits per heavy atom. The van der Waals surface area contributed by atoms with E-state index in [1.54, 1.807) is 0 Å². The van der Waals surface area contributed by atoms with Gasteiger partial charge in [0, 0.05) is 21.3 Å². The predicted molar refractivity (Wildman–Crippen MR) is 86.5 cm³/mol. The summed E-state index contributed by atoms with van der Waals surface area (Å²) in [6.45, 7) is 0. The largest absolute Gasteiger partial charge is 0.332 e. The molecule has 2 aromatic carbocycles. The van der Waals surface area contributed by atoms with Crippen molar-refractivity contribution in [2.24, 2.45) is 0 Å². The molecule has 0 unspecified atom stereocenters. The molecule has 1 amide bonds. The number of carbonyl (C=O) groups is 1. The molecular weight excluding hydrogens is 334 g/mol. The highest BCUT2D eigenvalue weighted by atomic mass is 35.5. The molecule has 0 saturated heterocycles. The summed E-state index contributed by atoms with van der Waals surface area (Å²) in [5.41, 5.74) is 0.849. The molecule has 0 spiro atoms. The Bertz CT molecular complexity index is 672. The van der Waals surface area contributed by atoms with Crippen molar-refractivity contribution in [2.45, 2.75) is 0 Å². The van der Waals surface area contributed by atoms with Crippen LogP contribution in [0, 0.1) is 5.82 Å². The molecular formula is C14H9Cl2FN2OS. The van der Waals surface area contributed by atoms with Crippen LogP contribution in [0.4, 0.5) is 10.1 Å². The zero-order valence-corrected chi connectivity index (χ0v) is 12.8. The van der Waals surface area contributed by atoms with E-state index in [1.807, 2.05) is 0 Å². The fourth-order valence-electron chi connectivity index (χ4n) is 1.56. The van der Waals surface area contributed by atoms with E-state index in [4.69, 9.17) is 35.4 Å². The van der Waals surface area contributed by atoms with Gasteiger partial charge >= 0.3 is 0 Å². The number of rotatable bonds is 2. The first-order valence-corrected chi connectivity index (χ1v) is 6.94. The summed E-state index contributed by atoms with van der Waals surface area (Å²) < 4.78 is 12.8. The lowest BCUT2D eigenvalue weighted by Gasteiger charge is -2.10. The molecule has 21 heavy (non-hydrogen) atoms. The number of anilines is 1. The smallest absolute Gasteiger partial charge is 0.257 e. The minimum atomic E-state index is -0.445. The normalized spacial score (nSPS) is 10.0. The van der Waals surface area contributed by atoms with Crippen LogP contribution in [-0.2, 0) is 0 Å². The molecule has 0 atom stereocenters. The second-order valence-corrected chi connectivity index (χ2v) is 5.35. The van der Waals surface area contributed by atoms with Gasteiger partial charge in [0.05, 0.1) is 0 Å². The number of hydrogen-bond acceptors (Lipinski definition) is 2. The molecule has 2 rings (SSSR count). The van der Waals surface area contributed by atoms with Crippen molar-refractivity contribution < 1.29 is 9.18 Å². The van der Waals surface area contributed by atoms with Crippen molar-refractivity contribution in [3.63, 3.8) is 0 Å². The number of amides is 1. The lowest BCUT2D eigenvalue weighted by Crippen LogP contribution is -2.34. The Balaban J connectivity index is 2.01. The van der Waals surface area contributed by atoms with Crippen molar-refractivity contribution in [1.29, 1.82) is 0 Å². The predicted octanol–water partition coefficient (Wildman–Crippen LogP) is 4.26. The average Bonchev–Trinajstić information content (AvgIpc) is 2.40. The highest BCUT2D eigenvalue weighted by Gasteiger charge is 2.10. The summed E-state index contributed by atoms with van der Waals surface area (Å²) >= 11 is 16.7. The molecule has 0 aromatic heterocycles. The maximum atomic E-state index is 12.8. The SMILES string of the molecule is O=C(NC(=S)Nc1ccc(F)cc1)c1cc(Cl)cc(Cl)c1. The van der Waals surface area contributed by atoms with E-state index < -0.39 is 5.91 Å². The van der Waals surface area contributed by atoms with E-state index in [2.05, 4.69) is 10.6 Å². The van der Waals surface area contributed by atoms with E-state index in [9.17, 15) is 9.18 Å². The summed E-state index contributed by atoms with van der Waals surface area (Å²) in [7, 11) is 0. The number of carbonyl (C=O) groups excluding carboxylic acids is 1. The molecule has 2 aromatic rings. The Kier molecular flexibility index (Phi) is 5.12. The van der Waals surface area contributed by atoms with Gasteiger partial charge in [-0.15, -0.1) is 0 Å². The number of benzene rings is 2. The van der Waals surface area contributed by atoms with Crippen molar-refractivity contribution in [3.05, 3.63) is 63.9 Å². The maximum absolute atomic E-state index is 12.8. The number of nitrogens with one attached hydrogen (secondary N) is 2. The third-order valence-electron chi connectivity index (χ3n) is 2.45. The third-order valence-corrected chi connectivity index (χ3v) is 3.09. The third kappa shape index (κ3) is 4.67. The van der Waals surface area contributed by atoms with E-state index >= 15 is 0 Å². The fourth-order valence-corrected chi connectivity index (χ4v) is 2.29. The van der Waals surface area contributed by atoms with Crippen LogP contribution in [0.1, 0.15) is 10.4 Å². The van der Waals surface area contributed by atoms with Gasteiger partial charge in [0.25, 0.3) is 5.91 Å². The van der Waals surface area contributed by atoms with E-state index in [-0.39, 0.29) is 16.5 Å². The van der Waals surface area contributed by atoms with Crippen molar-refractivity contribution in [3.8, 4) is 0 Å². The van der Waals surface area contributed by atoms with Gasteiger partial charge in [-0.3, -0.25) is 10.1 Å². The highest BCUT2D eigenvalue weighted by Crippen LogP contribution is 2.19. The Morgan fingerprint density at radius 2 is 1.62 bits per heavy atom. The number of halogens is 3. The minimum absolute atomic E-state index is 0.0858. The lowest BCUT2D eigenvalue weighted by molar-refractivity contribution is 0.0977. The summed E-state index contributed by atoms with van der Waals surface area (Å²) in [4.78, 5) is 12.0. The summed E-state index contributed by atoms with van der Waals surface area (Å²) in [6, 6.07) is 10.0. The second-order valence-electron chi connectivity index (χ2n) is 4.07. The fraction of sp³-hybridized carbons (Fsp3) is 0. The molecule has 0 radical (unpaired) electrons. The Morgan fingerprint density at radius 1 is 1.05 bits per heavy atom. The molecule has 2 N–H and O–H groups in total. The van der Waals surface area contributed by atoms with Gasteiger partial charge in [0.2, 0.25) is 0 Å². The van der Waals surface area contributed by atoms with Gasteiger partial charge in [-0.25, -0.2) is 4.39 Å². The van der Waals surface area contributed by atoms with Gasteiger partial charge in [0.15, 0.2) is 5.11 Å². The molecule has 108 valence electrons. The zero-order chi connectivity index (χ0) is 15.4. The molecule has 3 nitrogen and oxygen atoms in total. The van der Waals surface area contributed by atoms with Gasteiger partial charge in [-0.1, -0.05) is 23.2 Å². The number of thiocarbonyl (C=S) groups is 1. The minimum Gasteiger partial charge on any atom is -0.332 e. The van der Waals surface area contributed by atoms with E-state index in [0.29, 0.717) is 15.7 Å². The van der Waals surface area contributed by atoms with Gasteiger partial charge in [-0.2, -0.15) is 0 Å². The Hall–Kier alpha value is -1.69. The zero-order valence-electron chi connectivity index (χ0n) is 10.5. The van der Waals surface area contributed by atoms with Crippen LogP contribution in [0.15, 0.2) is 42.5 Å². The maximum Gasteiger partial charge on any atom is 0.257 e. The molecule has 0 bridgehead atoms. The van der Waals surface area contributed by atoms with Crippen LogP contribution >= 0.6 is 35.4 Å². The lowest BCUT2D eigenvalue weighted by atomic mass is 10.2. The number of hydrogen-bond donors (Lipinski definition) is 2. The van der Waals surface area contributed by atoms with Crippen LogP contribution in [0.25, 0.3) is 0 Å². The Labute approximate surface area is 136 Å². The first kappa shape index (κ1) is 15.7. The molecule has 0 aliphatic rings. The van der Waals surface area contributed by atoms with E-state index in [1.165, 1.54) is 42.5 Å². The summed E-state index contributed by atoms with van der Waals surface area (Å²) in [6.07, 6.45) is 0. The standard InChI is InChI=1S/C14H9Cl2FN2OS/c15-9-5-8(6-10(16)7-9)13(20)19-14(21)18-12-3-1-11(17)2-4-12/h1-7H,(H2,18,19,20,21). The van der Waals surface area contributed by atoms with Crippen LogP contribution in [-0.4, -0.2) is 11.0 Å². The van der Waals surface area contributed by atoms with Crippen molar-refractivity contribution in [1.82, 2.24) is 5.32 Å². The topological polar surface area (TPSA) is 41.1 Å². The van der Waals surface area contributed by atoms with Gasteiger partial charge < -0.3 is 5.32 Å². The molecule has 0 heterocycles. The second kappa shape index (κ2) is 6.85. The molecule has 7 heteroatoms. The highest BCUT2D eigenvalue weighted by molar-refractivity contribution is 7.80. The van der Waals surface area contributed by atoms with Crippen molar-refractivity contribution >= 4 is 52.1 Å². The first-order chi connectivity index (χ1) is 9.94. The van der Waals surface area contributed by atoms with Crippen LogP contribution < -0.4 is 10.6 Å². The van der Waals surface area contributed by atoms with Crippen LogP contribution in [0.5, 0.6) is 0 Å². The molecule has 0 aliphatic heterocycles. The van der Waals surface area contributed by atoms with Crippen LogP contribution in [0.3, 0.4) is 0 Å². The average molecular weight is 343 g/mol. The molecule has 0 fully saturated rings. The monoisotopic (exact) mass is 342 g/mol. The molecule has 0 saturated carbocycles. The van der Waals surface area contributed by atoms with Gasteiger partial charge in [-0.05, 0) is 54.7 Å². The summed E-state index contributed by atoms with van der Waals surface area (Å²) in [5, 5.41) is 6.04. The first-order valence-electron chi connectivity index (χ1n) is 5.78. The van der Waals surface area contributed by atoms with Crippen LogP contribution in [0.2, 0.25) is 10.0 Å². The quantitative estimate of drug-likeness (QED) is 0.801. The molecule has 0 aliphatic carbocycles. The summed E-state index contributed by atoms with van der Waals surface area (Å²) in [5.74, 6) is -0.803. The van der Waals surface area contributed by atoms with Gasteiger partial charge in [0.1, 0.15) is 5.82 Å².